The molecule has 1 heterocycles. The lowest BCUT2D eigenvalue weighted by molar-refractivity contribution is -0.150. The summed E-state index contributed by atoms with van der Waals surface area (Å²) in [6.45, 7) is 3.56. The van der Waals surface area contributed by atoms with Crippen LogP contribution in [0.3, 0.4) is 0 Å². The number of para-hydroxylation sites is 2. The lowest BCUT2D eigenvalue weighted by Gasteiger charge is -2.30. The second-order valence-electron chi connectivity index (χ2n) is 7.24. The molecule has 3 rings (SSSR count). The molecule has 0 unspecified atom stereocenters. The minimum Gasteiger partial charge on any atom is -0.466 e. The smallest absolute Gasteiger partial charge is 0.310 e. The Morgan fingerprint density at radius 3 is 2.53 bits per heavy atom. The lowest BCUT2D eigenvalue weighted by Crippen LogP contribution is -2.43. The van der Waals surface area contributed by atoms with E-state index in [1.807, 2.05) is 23.1 Å². The number of hydrogen-bond acceptors (Lipinski definition) is 5. The zero-order valence-corrected chi connectivity index (χ0v) is 17.1. The summed E-state index contributed by atoms with van der Waals surface area (Å²) in [7, 11) is 0. The fourth-order valence-electron chi connectivity index (χ4n) is 3.55. The quantitative estimate of drug-likeness (QED) is 0.686. The molecule has 2 amide bonds. The van der Waals surface area contributed by atoms with Crippen LogP contribution in [0.5, 0.6) is 0 Å². The molecule has 1 fully saturated rings. The van der Waals surface area contributed by atoms with Crippen LogP contribution >= 0.6 is 0 Å². The van der Waals surface area contributed by atoms with Gasteiger partial charge in [-0.3, -0.25) is 19.3 Å². The van der Waals surface area contributed by atoms with Crippen LogP contribution in [0.2, 0.25) is 0 Å². The van der Waals surface area contributed by atoms with Gasteiger partial charge in [-0.2, -0.15) is 0 Å². The summed E-state index contributed by atoms with van der Waals surface area (Å²) in [5, 5.41) is 5.67. The molecule has 1 atom stereocenters. The van der Waals surface area contributed by atoms with Crippen molar-refractivity contribution in [1.82, 2.24) is 4.90 Å². The van der Waals surface area contributed by atoms with Crippen LogP contribution in [0.1, 0.15) is 30.1 Å². The van der Waals surface area contributed by atoms with E-state index in [4.69, 9.17) is 4.74 Å². The second-order valence-corrected chi connectivity index (χ2v) is 7.24. The predicted octanol–water partition coefficient (Wildman–Crippen LogP) is 3.15. The normalized spacial score (nSPS) is 16.5. The van der Waals surface area contributed by atoms with Gasteiger partial charge >= 0.3 is 5.97 Å². The van der Waals surface area contributed by atoms with Crippen molar-refractivity contribution in [2.24, 2.45) is 5.92 Å². The van der Waals surface area contributed by atoms with Crippen LogP contribution in [0.25, 0.3) is 0 Å². The van der Waals surface area contributed by atoms with Crippen molar-refractivity contribution < 1.29 is 19.1 Å². The summed E-state index contributed by atoms with van der Waals surface area (Å²) >= 11 is 0. The van der Waals surface area contributed by atoms with Crippen LogP contribution in [0.4, 0.5) is 11.4 Å². The first-order chi connectivity index (χ1) is 14.6. The van der Waals surface area contributed by atoms with Crippen LogP contribution in [0.15, 0.2) is 54.6 Å². The summed E-state index contributed by atoms with van der Waals surface area (Å²) < 4.78 is 5.11. The summed E-state index contributed by atoms with van der Waals surface area (Å²) in [6, 6.07) is 16.1. The number of nitrogens with one attached hydrogen (secondary N) is 2. The van der Waals surface area contributed by atoms with E-state index in [-0.39, 0.29) is 30.2 Å². The van der Waals surface area contributed by atoms with E-state index in [1.54, 1.807) is 43.3 Å². The Hall–Kier alpha value is -3.19. The third kappa shape index (κ3) is 5.90. The molecule has 0 spiro atoms. The van der Waals surface area contributed by atoms with Gasteiger partial charge in [0.1, 0.15) is 0 Å². The van der Waals surface area contributed by atoms with Gasteiger partial charge in [0.05, 0.1) is 30.3 Å². The average Bonchev–Trinajstić information content (AvgIpc) is 2.75. The van der Waals surface area contributed by atoms with E-state index in [9.17, 15) is 14.4 Å². The van der Waals surface area contributed by atoms with Crippen molar-refractivity contribution in [1.29, 1.82) is 0 Å². The third-order valence-electron chi connectivity index (χ3n) is 4.97. The highest BCUT2D eigenvalue weighted by molar-refractivity contribution is 6.10. The number of nitrogens with zero attached hydrogens (tertiary/aromatic N) is 1. The molecule has 2 N–H and O–H groups in total. The largest absolute Gasteiger partial charge is 0.466 e. The van der Waals surface area contributed by atoms with E-state index in [2.05, 4.69) is 10.6 Å². The average molecular weight is 409 g/mol. The van der Waals surface area contributed by atoms with Gasteiger partial charge in [-0.1, -0.05) is 30.3 Å². The number of anilines is 2. The Morgan fingerprint density at radius 1 is 1.03 bits per heavy atom. The molecule has 0 saturated carbocycles. The molecule has 1 aliphatic heterocycles. The molecule has 2 aromatic rings. The number of rotatable bonds is 7. The van der Waals surface area contributed by atoms with Crippen LogP contribution in [-0.2, 0) is 14.3 Å². The van der Waals surface area contributed by atoms with Gasteiger partial charge in [0.25, 0.3) is 5.91 Å². The van der Waals surface area contributed by atoms with Gasteiger partial charge in [-0.05, 0) is 50.6 Å². The number of benzene rings is 2. The van der Waals surface area contributed by atoms with Gasteiger partial charge in [-0.25, -0.2) is 0 Å². The molecule has 7 nitrogen and oxygen atoms in total. The lowest BCUT2D eigenvalue weighted by atomic mass is 9.98. The second kappa shape index (κ2) is 10.5. The Labute approximate surface area is 176 Å². The number of carbonyl (C=O) groups excluding carboxylic acids is 3. The maximum atomic E-state index is 12.7. The van der Waals surface area contributed by atoms with Crippen LogP contribution in [0, 0.1) is 5.92 Å². The summed E-state index contributed by atoms with van der Waals surface area (Å²) in [4.78, 5) is 39.2. The third-order valence-corrected chi connectivity index (χ3v) is 4.97. The number of likely N-dealkylation sites (tertiary alicyclic amines) is 1. The monoisotopic (exact) mass is 409 g/mol. The molecule has 0 aromatic heterocycles. The maximum absolute atomic E-state index is 12.7. The van der Waals surface area contributed by atoms with E-state index < -0.39 is 0 Å². The van der Waals surface area contributed by atoms with Gasteiger partial charge in [0.15, 0.2) is 0 Å². The number of piperidine rings is 1. The highest BCUT2D eigenvalue weighted by Crippen LogP contribution is 2.20. The molecule has 0 aliphatic carbocycles. The molecule has 1 aliphatic rings. The Balaban J connectivity index is 1.60. The summed E-state index contributed by atoms with van der Waals surface area (Å²) in [5.41, 5.74) is 1.52. The highest BCUT2D eigenvalue weighted by atomic mass is 16.5. The number of ether oxygens (including phenoxy) is 1. The molecule has 30 heavy (non-hydrogen) atoms. The van der Waals surface area contributed by atoms with E-state index >= 15 is 0 Å². The fourth-order valence-corrected chi connectivity index (χ4v) is 3.55. The van der Waals surface area contributed by atoms with E-state index in [0.717, 1.165) is 19.4 Å². The maximum Gasteiger partial charge on any atom is 0.310 e. The Kier molecular flexibility index (Phi) is 7.57. The molecule has 1 saturated heterocycles. The minimum atomic E-state index is -0.294. The number of carbonyl (C=O) groups is 3. The van der Waals surface area contributed by atoms with Crippen molar-refractivity contribution in [2.45, 2.75) is 19.8 Å². The molecular weight excluding hydrogens is 382 g/mol. The fraction of sp³-hybridized carbons (Fsp3) is 0.348. The first-order valence-electron chi connectivity index (χ1n) is 10.2. The van der Waals surface area contributed by atoms with Crippen molar-refractivity contribution >= 4 is 29.2 Å². The van der Waals surface area contributed by atoms with Crippen LogP contribution in [-0.4, -0.2) is 48.9 Å². The van der Waals surface area contributed by atoms with Crippen molar-refractivity contribution in [2.75, 3.05) is 36.9 Å². The molecule has 0 radical (unpaired) electrons. The number of amides is 2. The highest BCUT2D eigenvalue weighted by Gasteiger charge is 2.28. The molecule has 0 bridgehead atoms. The minimum absolute atomic E-state index is 0.157. The first kappa shape index (κ1) is 21.5. The topological polar surface area (TPSA) is 87.7 Å². The van der Waals surface area contributed by atoms with Gasteiger partial charge in [0.2, 0.25) is 5.91 Å². The Morgan fingerprint density at radius 2 is 1.77 bits per heavy atom. The summed E-state index contributed by atoms with van der Waals surface area (Å²) in [5.74, 6) is -0.919. The number of hydrogen-bond donors (Lipinski definition) is 2. The molecular formula is C23H27N3O4. The zero-order valence-electron chi connectivity index (χ0n) is 17.1. The molecule has 158 valence electrons. The van der Waals surface area contributed by atoms with Crippen molar-refractivity contribution in [3.05, 3.63) is 60.2 Å². The van der Waals surface area contributed by atoms with E-state index in [0.29, 0.717) is 30.1 Å². The van der Waals surface area contributed by atoms with Gasteiger partial charge < -0.3 is 15.4 Å². The Bertz CT molecular complexity index is 885. The first-order valence-corrected chi connectivity index (χ1v) is 10.2. The van der Waals surface area contributed by atoms with Crippen molar-refractivity contribution in [3.63, 3.8) is 0 Å². The standard InChI is InChI=1S/C23H27N3O4/c1-2-30-23(29)17-9-8-14-26(15-17)16-21(27)25-20-13-7-6-12-19(20)22(28)24-18-10-4-3-5-11-18/h3-7,10-13,17H,2,8-9,14-16H2,1H3,(H,24,28)(H,25,27)/t17-/m0/s1. The van der Waals surface area contributed by atoms with E-state index in [1.165, 1.54) is 0 Å². The van der Waals surface area contributed by atoms with Gasteiger partial charge in [0, 0.05) is 12.2 Å². The van der Waals surface area contributed by atoms with Crippen molar-refractivity contribution in [3.8, 4) is 0 Å². The van der Waals surface area contributed by atoms with Crippen LogP contribution < -0.4 is 10.6 Å². The van der Waals surface area contributed by atoms with Gasteiger partial charge in [-0.15, -0.1) is 0 Å². The number of esters is 1. The molecule has 7 heteroatoms. The predicted molar refractivity (Wildman–Crippen MR) is 115 cm³/mol. The molecule has 2 aromatic carbocycles. The summed E-state index contributed by atoms with van der Waals surface area (Å²) in [6.07, 6.45) is 1.62. The zero-order chi connectivity index (χ0) is 21.3. The SMILES string of the molecule is CCOC(=O)[C@H]1CCCN(CC(=O)Nc2ccccc2C(=O)Nc2ccccc2)C1.